The molecule has 0 spiro atoms. The van der Waals surface area contributed by atoms with E-state index in [9.17, 15) is 9.90 Å². The zero-order valence-electron chi connectivity index (χ0n) is 13.5. The monoisotopic (exact) mass is 312 g/mol. The summed E-state index contributed by atoms with van der Waals surface area (Å²) in [5.74, 6) is -0.595. The van der Waals surface area contributed by atoms with Gasteiger partial charge in [0.25, 0.3) is 0 Å². The maximum atomic E-state index is 11.9. The topological polar surface area (TPSA) is 55.8 Å². The van der Waals surface area contributed by atoms with Gasteiger partial charge in [-0.2, -0.15) is 0 Å². The second-order valence-corrected chi connectivity index (χ2v) is 6.06. The van der Waals surface area contributed by atoms with Crippen molar-refractivity contribution in [3.8, 4) is 0 Å². The highest BCUT2D eigenvalue weighted by atomic mass is 16.6. The van der Waals surface area contributed by atoms with E-state index < -0.39 is 17.7 Å². The quantitative estimate of drug-likeness (QED) is 0.925. The van der Waals surface area contributed by atoms with E-state index in [2.05, 4.69) is 0 Å². The third kappa shape index (κ3) is 2.59. The van der Waals surface area contributed by atoms with Crippen LogP contribution in [0.15, 0.2) is 53.8 Å². The summed E-state index contributed by atoms with van der Waals surface area (Å²) >= 11 is 0. The molecule has 2 aromatic carbocycles. The van der Waals surface area contributed by atoms with Crippen LogP contribution in [0.25, 0.3) is 10.8 Å². The minimum Gasteiger partial charge on any atom is -0.494 e. The number of carboxylic acids is 1. The van der Waals surface area contributed by atoms with Crippen molar-refractivity contribution in [1.82, 2.24) is 0 Å². The first-order valence-corrected chi connectivity index (χ1v) is 7.72. The number of benzene rings is 2. The molecule has 1 N–H and O–H groups in total. The van der Waals surface area contributed by atoms with Crippen molar-refractivity contribution in [3.63, 3.8) is 0 Å². The van der Waals surface area contributed by atoms with Gasteiger partial charge in [0.05, 0.1) is 6.61 Å². The van der Waals surface area contributed by atoms with Gasteiger partial charge < -0.3 is 14.6 Å². The van der Waals surface area contributed by atoms with Gasteiger partial charge in [0, 0.05) is 0 Å². The van der Waals surface area contributed by atoms with Crippen LogP contribution in [-0.4, -0.2) is 23.3 Å². The molecule has 0 amide bonds. The summed E-state index contributed by atoms with van der Waals surface area (Å²) in [6.07, 6.45) is -0.643. The summed E-state index contributed by atoms with van der Waals surface area (Å²) in [6, 6.07) is 13.7. The zero-order valence-corrected chi connectivity index (χ0v) is 13.5. The van der Waals surface area contributed by atoms with Crippen LogP contribution in [0.4, 0.5) is 0 Å². The number of fused-ring (bicyclic) bond motifs is 1. The first-order chi connectivity index (χ1) is 11.0. The molecular formula is C19H20O4. The summed E-state index contributed by atoms with van der Waals surface area (Å²) < 4.78 is 11.7. The van der Waals surface area contributed by atoms with Crippen LogP contribution in [-0.2, 0) is 14.3 Å². The molecule has 2 aromatic rings. The third-order valence-electron chi connectivity index (χ3n) is 4.09. The molecule has 1 heterocycles. The molecule has 1 aliphatic heterocycles. The molecule has 4 nitrogen and oxygen atoms in total. The van der Waals surface area contributed by atoms with E-state index >= 15 is 0 Å². The Morgan fingerprint density at radius 3 is 2.61 bits per heavy atom. The Morgan fingerprint density at radius 1 is 1.22 bits per heavy atom. The van der Waals surface area contributed by atoms with Gasteiger partial charge in [0.1, 0.15) is 23.0 Å². The highest BCUT2D eigenvalue weighted by Crippen LogP contribution is 2.46. The van der Waals surface area contributed by atoms with E-state index in [-0.39, 0.29) is 5.57 Å². The Kier molecular flexibility index (Phi) is 3.86. The number of ether oxygens (including phenoxy) is 2. The van der Waals surface area contributed by atoms with E-state index in [1.165, 1.54) is 0 Å². The molecule has 120 valence electrons. The van der Waals surface area contributed by atoms with Crippen molar-refractivity contribution >= 4 is 16.7 Å². The lowest BCUT2D eigenvalue weighted by Gasteiger charge is -2.23. The standard InChI is InChI=1S/C19H20O4/c1-4-22-17-15(18(20)21)16(23-19(17,2)3)14-11-7-9-12-8-5-6-10-13(12)14/h5-11,16H,4H2,1-3H3,(H,20,21)/t16-/m0/s1. The lowest BCUT2D eigenvalue weighted by molar-refractivity contribution is -0.134. The number of carbonyl (C=O) groups is 1. The van der Waals surface area contributed by atoms with Gasteiger partial charge >= 0.3 is 5.97 Å². The van der Waals surface area contributed by atoms with Gasteiger partial charge in [-0.05, 0) is 37.1 Å². The molecule has 0 fully saturated rings. The van der Waals surface area contributed by atoms with Crippen LogP contribution in [0.3, 0.4) is 0 Å². The normalized spacial score (nSPS) is 20.0. The molecule has 1 aliphatic rings. The molecule has 1 atom stereocenters. The molecule has 23 heavy (non-hydrogen) atoms. The van der Waals surface area contributed by atoms with Crippen molar-refractivity contribution in [2.75, 3.05) is 6.61 Å². The number of hydrogen-bond donors (Lipinski definition) is 1. The summed E-state index contributed by atoms with van der Waals surface area (Å²) in [5.41, 5.74) is 0.266. The molecule has 0 aromatic heterocycles. The molecule has 0 bridgehead atoms. The Labute approximate surface area is 135 Å². The Morgan fingerprint density at radius 2 is 1.91 bits per heavy atom. The van der Waals surface area contributed by atoms with Gasteiger partial charge in [0.2, 0.25) is 0 Å². The molecule has 0 unspecified atom stereocenters. The molecule has 0 radical (unpaired) electrons. The van der Waals surface area contributed by atoms with Gasteiger partial charge in [-0.1, -0.05) is 42.5 Å². The maximum Gasteiger partial charge on any atom is 0.338 e. The summed E-state index contributed by atoms with van der Waals surface area (Å²) in [7, 11) is 0. The van der Waals surface area contributed by atoms with Crippen LogP contribution in [0.5, 0.6) is 0 Å². The van der Waals surface area contributed by atoms with E-state index in [1.807, 2.05) is 63.2 Å². The van der Waals surface area contributed by atoms with Crippen LogP contribution >= 0.6 is 0 Å². The molecule has 0 aliphatic carbocycles. The minimum atomic E-state index is -1.00. The molecule has 0 saturated carbocycles. The number of aliphatic carboxylic acids is 1. The first kappa shape index (κ1) is 15.6. The smallest absolute Gasteiger partial charge is 0.338 e. The van der Waals surface area contributed by atoms with E-state index in [1.54, 1.807) is 0 Å². The largest absolute Gasteiger partial charge is 0.494 e. The van der Waals surface area contributed by atoms with Crippen molar-refractivity contribution in [1.29, 1.82) is 0 Å². The second-order valence-electron chi connectivity index (χ2n) is 6.06. The number of carboxylic acid groups (broad SMARTS) is 1. The average Bonchev–Trinajstić information content (AvgIpc) is 2.78. The van der Waals surface area contributed by atoms with Crippen LogP contribution in [0.2, 0.25) is 0 Å². The van der Waals surface area contributed by atoms with E-state index in [0.717, 1.165) is 16.3 Å². The summed E-state index contributed by atoms with van der Waals surface area (Å²) in [4.78, 5) is 11.9. The van der Waals surface area contributed by atoms with Crippen molar-refractivity contribution in [2.24, 2.45) is 0 Å². The fraction of sp³-hybridized carbons (Fsp3) is 0.316. The highest BCUT2D eigenvalue weighted by Gasteiger charge is 2.46. The Balaban J connectivity index is 2.20. The lowest BCUT2D eigenvalue weighted by atomic mass is 9.95. The van der Waals surface area contributed by atoms with Crippen molar-refractivity contribution < 1.29 is 19.4 Å². The minimum absolute atomic E-state index is 0.188. The van der Waals surface area contributed by atoms with Crippen LogP contribution < -0.4 is 0 Å². The third-order valence-corrected chi connectivity index (χ3v) is 4.09. The average molecular weight is 312 g/mol. The van der Waals surface area contributed by atoms with Gasteiger partial charge in [-0.15, -0.1) is 0 Å². The predicted molar refractivity (Wildman–Crippen MR) is 88.1 cm³/mol. The lowest BCUT2D eigenvalue weighted by Crippen LogP contribution is -2.24. The number of hydrogen-bond acceptors (Lipinski definition) is 3. The molecule has 0 saturated heterocycles. The number of rotatable bonds is 4. The molecule has 4 heteroatoms. The first-order valence-electron chi connectivity index (χ1n) is 7.72. The highest BCUT2D eigenvalue weighted by molar-refractivity contribution is 5.93. The van der Waals surface area contributed by atoms with E-state index in [0.29, 0.717) is 12.4 Å². The fourth-order valence-corrected chi connectivity index (χ4v) is 3.15. The molecular weight excluding hydrogens is 292 g/mol. The van der Waals surface area contributed by atoms with Gasteiger partial charge in [-0.25, -0.2) is 4.79 Å². The summed E-state index contributed by atoms with van der Waals surface area (Å²) in [6.45, 7) is 5.92. The Hall–Kier alpha value is -2.33. The Bertz CT molecular complexity index is 784. The van der Waals surface area contributed by atoms with Crippen molar-refractivity contribution in [2.45, 2.75) is 32.5 Å². The second kappa shape index (κ2) is 5.70. The SMILES string of the molecule is CCOC1=C(C(=O)O)[C@H](c2cccc3ccccc23)OC1(C)C. The van der Waals surface area contributed by atoms with Crippen LogP contribution in [0.1, 0.15) is 32.4 Å². The molecule has 3 rings (SSSR count). The predicted octanol–water partition coefficient (Wildman–Crippen LogP) is 4.06. The summed E-state index contributed by atoms with van der Waals surface area (Å²) in [5, 5.41) is 11.8. The van der Waals surface area contributed by atoms with Gasteiger partial charge in [0.15, 0.2) is 0 Å². The fourth-order valence-electron chi connectivity index (χ4n) is 3.15. The zero-order chi connectivity index (χ0) is 16.6. The van der Waals surface area contributed by atoms with Crippen molar-refractivity contribution in [3.05, 3.63) is 59.4 Å². The van der Waals surface area contributed by atoms with E-state index in [4.69, 9.17) is 9.47 Å². The van der Waals surface area contributed by atoms with Gasteiger partial charge in [-0.3, -0.25) is 0 Å². The van der Waals surface area contributed by atoms with Crippen LogP contribution in [0, 0.1) is 0 Å². The maximum absolute atomic E-state index is 11.9.